The number of ether oxygens (including phenoxy) is 1. The van der Waals surface area contributed by atoms with Gasteiger partial charge in [0, 0.05) is 4.47 Å². The quantitative estimate of drug-likeness (QED) is 0.771. The second-order valence-corrected chi connectivity index (χ2v) is 6.31. The molecule has 0 atom stereocenters. The van der Waals surface area contributed by atoms with Gasteiger partial charge in [-0.2, -0.15) is 0 Å². The Labute approximate surface area is 149 Å². The van der Waals surface area contributed by atoms with Gasteiger partial charge in [0.1, 0.15) is 5.75 Å². The van der Waals surface area contributed by atoms with Crippen molar-refractivity contribution in [1.82, 2.24) is 10.9 Å². The lowest BCUT2D eigenvalue weighted by molar-refractivity contribution is -0.129. The fourth-order valence-electron chi connectivity index (χ4n) is 2.12. The van der Waals surface area contributed by atoms with E-state index in [1.165, 1.54) is 0 Å². The maximum Gasteiger partial charge on any atom is 0.276 e. The van der Waals surface area contributed by atoms with Crippen LogP contribution in [0.1, 0.15) is 16.7 Å². The smallest absolute Gasteiger partial charge is 0.276 e. The summed E-state index contributed by atoms with van der Waals surface area (Å²) < 4.78 is 6.38. The van der Waals surface area contributed by atoms with Gasteiger partial charge < -0.3 is 4.74 Å². The first kappa shape index (κ1) is 18.0. The second kappa shape index (κ2) is 8.49. The zero-order valence-corrected chi connectivity index (χ0v) is 15.1. The molecule has 0 heterocycles. The van der Waals surface area contributed by atoms with Gasteiger partial charge in [0.25, 0.3) is 5.91 Å². The third-order valence-corrected chi connectivity index (χ3v) is 3.94. The topological polar surface area (TPSA) is 67.4 Å². The molecule has 0 aromatic heterocycles. The maximum absolute atomic E-state index is 11.9. The molecule has 2 aromatic rings. The van der Waals surface area contributed by atoms with Crippen molar-refractivity contribution in [1.29, 1.82) is 0 Å². The Bertz CT molecular complexity index is 747. The van der Waals surface area contributed by atoms with E-state index in [2.05, 4.69) is 26.8 Å². The monoisotopic (exact) mass is 390 g/mol. The van der Waals surface area contributed by atoms with E-state index in [1.54, 1.807) is 6.07 Å². The highest BCUT2D eigenvalue weighted by atomic mass is 79.9. The number of benzene rings is 2. The lowest BCUT2D eigenvalue weighted by Gasteiger charge is -2.11. The number of hydrogen-bond donors (Lipinski definition) is 2. The summed E-state index contributed by atoms with van der Waals surface area (Å²) in [4.78, 5) is 23.6. The molecule has 0 aliphatic heterocycles. The average Bonchev–Trinajstić information content (AvgIpc) is 2.54. The molecule has 6 heteroatoms. The van der Waals surface area contributed by atoms with Crippen molar-refractivity contribution in [2.45, 2.75) is 20.3 Å². The van der Waals surface area contributed by atoms with Crippen LogP contribution in [0.3, 0.4) is 0 Å². The van der Waals surface area contributed by atoms with E-state index >= 15 is 0 Å². The molecular weight excluding hydrogens is 372 g/mol. The molecule has 0 spiro atoms. The Hall–Kier alpha value is -2.34. The van der Waals surface area contributed by atoms with Gasteiger partial charge in [-0.1, -0.05) is 40.2 Å². The molecule has 0 saturated carbocycles. The van der Waals surface area contributed by atoms with Gasteiger partial charge in [-0.05, 0) is 48.7 Å². The summed E-state index contributed by atoms with van der Waals surface area (Å²) in [6, 6.07) is 13.1. The number of hydrazine groups is 1. The molecule has 2 aromatic carbocycles. The molecule has 126 valence electrons. The Balaban J connectivity index is 1.76. The maximum atomic E-state index is 11.9. The van der Waals surface area contributed by atoms with Crippen molar-refractivity contribution in [2.24, 2.45) is 0 Å². The Kier molecular flexibility index (Phi) is 6.37. The van der Waals surface area contributed by atoms with Crippen LogP contribution in [-0.2, 0) is 16.0 Å². The second-order valence-electron chi connectivity index (χ2n) is 5.40. The van der Waals surface area contributed by atoms with Crippen molar-refractivity contribution in [3.05, 3.63) is 63.6 Å². The molecule has 0 aliphatic carbocycles. The molecule has 0 fully saturated rings. The highest BCUT2D eigenvalue weighted by molar-refractivity contribution is 9.10. The minimum atomic E-state index is -0.421. The number of amides is 2. The molecule has 0 saturated heterocycles. The third kappa shape index (κ3) is 5.38. The van der Waals surface area contributed by atoms with E-state index < -0.39 is 5.91 Å². The fourth-order valence-corrected chi connectivity index (χ4v) is 2.59. The molecule has 2 N–H and O–H groups in total. The van der Waals surface area contributed by atoms with Crippen LogP contribution in [0.5, 0.6) is 5.75 Å². The minimum absolute atomic E-state index is 0.173. The van der Waals surface area contributed by atoms with Crippen LogP contribution in [0, 0.1) is 13.8 Å². The number of rotatable bonds is 5. The zero-order valence-electron chi connectivity index (χ0n) is 13.6. The van der Waals surface area contributed by atoms with Crippen molar-refractivity contribution >= 4 is 27.7 Å². The molecular formula is C18H19BrN2O3. The van der Waals surface area contributed by atoms with E-state index in [0.29, 0.717) is 5.75 Å². The van der Waals surface area contributed by atoms with Crippen LogP contribution in [0.2, 0.25) is 0 Å². The Morgan fingerprint density at radius 1 is 1.00 bits per heavy atom. The van der Waals surface area contributed by atoms with Crippen molar-refractivity contribution in [2.75, 3.05) is 6.61 Å². The van der Waals surface area contributed by atoms with Crippen molar-refractivity contribution in [3.8, 4) is 5.75 Å². The van der Waals surface area contributed by atoms with E-state index in [1.807, 2.05) is 50.2 Å². The predicted octanol–water partition coefficient (Wildman–Crippen LogP) is 2.83. The normalized spacial score (nSPS) is 10.1. The van der Waals surface area contributed by atoms with E-state index in [9.17, 15) is 9.59 Å². The molecule has 5 nitrogen and oxygen atoms in total. The van der Waals surface area contributed by atoms with Gasteiger partial charge in [-0.15, -0.1) is 0 Å². The summed E-state index contributed by atoms with van der Waals surface area (Å²) in [5, 5.41) is 0. The number of halogens is 1. The zero-order chi connectivity index (χ0) is 17.5. The summed E-state index contributed by atoms with van der Waals surface area (Å²) in [5.74, 6) is -0.0764. The van der Waals surface area contributed by atoms with E-state index in [-0.39, 0.29) is 18.9 Å². The van der Waals surface area contributed by atoms with Gasteiger partial charge in [0.15, 0.2) is 6.61 Å². The number of aryl methyl sites for hydroxylation is 2. The number of carbonyl (C=O) groups excluding carboxylic acids is 2. The van der Waals surface area contributed by atoms with Crippen LogP contribution in [0.4, 0.5) is 0 Å². The minimum Gasteiger partial charge on any atom is -0.483 e. The Morgan fingerprint density at radius 3 is 2.42 bits per heavy atom. The van der Waals surface area contributed by atoms with Crippen molar-refractivity contribution in [3.63, 3.8) is 0 Å². The number of hydrogen-bond acceptors (Lipinski definition) is 3. The van der Waals surface area contributed by atoms with Crippen LogP contribution < -0.4 is 15.6 Å². The van der Waals surface area contributed by atoms with E-state index in [4.69, 9.17) is 4.74 Å². The van der Waals surface area contributed by atoms with Gasteiger partial charge >= 0.3 is 0 Å². The highest BCUT2D eigenvalue weighted by Gasteiger charge is 2.08. The van der Waals surface area contributed by atoms with E-state index in [0.717, 1.165) is 21.2 Å². The van der Waals surface area contributed by atoms with Gasteiger partial charge in [-0.3, -0.25) is 20.4 Å². The summed E-state index contributed by atoms with van der Waals surface area (Å²) in [6.07, 6.45) is 0.208. The molecule has 0 unspecified atom stereocenters. The largest absolute Gasteiger partial charge is 0.483 e. The van der Waals surface area contributed by atoms with Gasteiger partial charge in [-0.25, -0.2) is 0 Å². The summed E-state index contributed by atoms with van der Waals surface area (Å²) in [6.45, 7) is 3.66. The molecule has 2 amide bonds. The number of nitrogens with one attached hydrogen (secondary N) is 2. The lowest BCUT2D eigenvalue weighted by atomic mass is 10.1. The van der Waals surface area contributed by atoms with Gasteiger partial charge in [0.05, 0.1) is 6.42 Å². The SMILES string of the molecule is Cc1ccccc1CC(=O)NNC(=O)COc1ccc(Br)cc1C. The standard InChI is InChI=1S/C18H19BrN2O3/c1-12-5-3-4-6-14(12)10-17(22)20-21-18(23)11-24-16-8-7-15(19)9-13(16)2/h3-9H,10-11H2,1-2H3,(H,20,22)(H,21,23). The van der Waals surface area contributed by atoms with Crippen LogP contribution in [0.25, 0.3) is 0 Å². The highest BCUT2D eigenvalue weighted by Crippen LogP contribution is 2.21. The van der Waals surface area contributed by atoms with Crippen LogP contribution in [0.15, 0.2) is 46.9 Å². The first-order valence-electron chi connectivity index (χ1n) is 7.47. The lowest BCUT2D eigenvalue weighted by Crippen LogP contribution is -2.44. The Morgan fingerprint density at radius 2 is 1.71 bits per heavy atom. The first-order valence-corrected chi connectivity index (χ1v) is 8.26. The predicted molar refractivity (Wildman–Crippen MR) is 95.5 cm³/mol. The summed E-state index contributed by atoms with van der Waals surface area (Å²) in [5.41, 5.74) is 7.62. The summed E-state index contributed by atoms with van der Waals surface area (Å²) in [7, 11) is 0. The fraction of sp³-hybridized carbons (Fsp3) is 0.222. The molecule has 24 heavy (non-hydrogen) atoms. The van der Waals surface area contributed by atoms with Gasteiger partial charge in [0.2, 0.25) is 5.91 Å². The van der Waals surface area contributed by atoms with Crippen LogP contribution in [-0.4, -0.2) is 18.4 Å². The summed E-state index contributed by atoms with van der Waals surface area (Å²) >= 11 is 3.37. The van der Waals surface area contributed by atoms with Crippen LogP contribution >= 0.6 is 15.9 Å². The molecule has 0 radical (unpaired) electrons. The number of carbonyl (C=O) groups is 2. The third-order valence-electron chi connectivity index (χ3n) is 3.45. The average molecular weight is 391 g/mol. The molecule has 0 aliphatic rings. The first-order chi connectivity index (χ1) is 11.5. The molecule has 0 bridgehead atoms. The molecule has 2 rings (SSSR count). The van der Waals surface area contributed by atoms with Crippen molar-refractivity contribution < 1.29 is 14.3 Å².